The minimum Gasteiger partial charge on any atom is -0.772 e. The molecule has 0 bridgehead atoms. The van der Waals surface area contributed by atoms with Gasteiger partial charge in [-0.2, -0.15) is 0 Å². The Kier molecular flexibility index (Phi) is 6.22. The van der Waals surface area contributed by atoms with Crippen molar-refractivity contribution in [2.75, 3.05) is 0 Å². The molecule has 0 radical (unpaired) electrons. The van der Waals surface area contributed by atoms with Crippen molar-refractivity contribution in [3.8, 4) is 0 Å². The van der Waals surface area contributed by atoms with Crippen LogP contribution in [0.5, 0.6) is 0 Å². The molecule has 1 saturated carbocycles. The molecule has 0 heterocycles. The van der Waals surface area contributed by atoms with Crippen LogP contribution >= 0.6 is 0 Å². The Bertz CT molecular complexity index is 142. The van der Waals surface area contributed by atoms with Crippen LogP contribution in [0, 0.1) is 0 Å². The Morgan fingerprint density at radius 3 is 2.27 bits per heavy atom. The van der Waals surface area contributed by atoms with Crippen LogP contribution in [0.1, 0.15) is 25.7 Å². The van der Waals surface area contributed by atoms with Gasteiger partial charge in [0, 0.05) is 5.25 Å². The normalized spacial score (nSPS) is 34.0. The molecule has 5 heteroatoms. The first-order valence-electron chi connectivity index (χ1n) is 3.48. The van der Waals surface area contributed by atoms with Crippen LogP contribution in [0.2, 0.25) is 0 Å². The molecule has 11 heavy (non-hydrogen) atoms. The van der Waals surface area contributed by atoms with Crippen LogP contribution in [0.25, 0.3) is 0 Å². The van der Waals surface area contributed by atoms with E-state index in [1.165, 1.54) is 0 Å². The summed E-state index contributed by atoms with van der Waals surface area (Å²) in [5.74, 6) is 0. The summed E-state index contributed by atoms with van der Waals surface area (Å²) >= 11 is -2.08. The van der Waals surface area contributed by atoms with Crippen molar-refractivity contribution >= 4 is 11.1 Å². The van der Waals surface area contributed by atoms with Crippen LogP contribution in [0.15, 0.2) is 0 Å². The standard InChI is InChI=1S/C6H12O3S.Na/c7-5-3-1-2-4-6(5)10(8)9;/h5-7H,1-4H2,(H,8,9);/q;+1/p-1. The molecule has 3 nitrogen and oxygen atoms in total. The number of hydrogen-bond acceptors (Lipinski definition) is 3. The van der Waals surface area contributed by atoms with Crippen molar-refractivity contribution in [3.05, 3.63) is 0 Å². The van der Waals surface area contributed by atoms with Gasteiger partial charge in [-0.15, -0.1) is 0 Å². The van der Waals surface area contributed by atoms with E-state index in [2.05, 4.69) is 0 Å². The summed E-state index contributed by atoms with van der Waals surface area (Å²) in [7, 11) is 0. The van der Waals surface area contributed by atoms with E-state index in [0.717, 1.165) is 12.8 Å². The van der Waals surface area contributed by atoms with Gasteiger partial charge in [-0.3, -0.25) is 4.21 Å². The van der Waals surface area contributed by atoms with E-state index in [-0.39, 0.29) is 29.6 Å². The predicted molar refractivity (Wildman–Crippen MR) is 37.2 cm³/mol. The number of aliphatic hydroxyl groups is 1. The molecule has 3 atom stereocenters. The van der Waals surface area contributed by atoms with Crippen LogP contribution in [0.4, 0.5) is 0 Å². The summed E-state index contributed by atoms with van der Waals surface area (Å²) in [6, 6.07) is 0. The summed E-state index contributed by atoms with van der Waals surface area (Å²) in [4.78, 5) is 0. The molecule has 1 rings (SSSR count). The quantitative estimate of drug-likeness (QED) is 0.355. The van der Waals surface area contributed by atoms with Gasteiger partial charge in [0.1, 0.15) is 0 Å². The Hall–Kier alpha value is 1.07. The zero-order chi connectivity index (χ0) is 7.56. The van der Waals surface area contributed by atoms with Gasteiger partial charge in [-0.1, -0.05) is 12.8 Å². The second kappa shape index (κ2) is 5.67. The first-order chi connectivity index (χ1) is 4.72. The summed E-state index contributed by atoms with van der Waals surface area (Å²) < 4.78 is 20.8. The fourth-order valence-electron chi connectivity index (χ4n) is 1.30. The molecule has 1 fully saturated rings. The monoisotopic (exact) mass is 186 g/mol. The van der Waals surface area contributed by atoms with Crippen molar-refractivity contribution < 1.29 is 43.4 Å². The first kappa shape index (κ1) is 12.1. The van der Waals surface area contributed by atoms with E-state index in [1.54, 1.807) is 0 Å². The van der Waals surface area contributed by atoms with Gasteiger partial charge in [0.15, 0.2) is 0 Å². The molecular formula is C6H11NaO3S. The molecule has 0 aliphatic heterocycles. The molecule has 1 aliphatic rings. The molecule has 0 aromatic heterocycles. The Labute approximate surface area is 91.1 Å². The first-order valence-corrected chi connectivity index (χ1v) is 4.62. The molecule has 0 aromatic carbocycles. The fraction of sp³-hybridized carbons (Fsp3) is 1.00. The van der Waals surface area contributed by atoms with Crippen molar-refractivity contribution in [3.63, 3.8) is 0 Å². The zero-order valence-corrected chi connectivity index (χ0v) is 9.47. The molecule has 0 amide bonds. The van der Waals surface area contributed by atoms with Crippen LogP contribution < -0.4 is 29.6 Å². The maximum Gasteiger partial charge on any atom is 1.00 e. The second-order valence-corrected chi connectivity index (χ2v) is 3.78. The van der Waals surface area contributed by atoms with Crippen molar-refractivity contribution in [2.45, 2.75) is 37.0 Å². The zero-order valence-electron chi connectivity index (χ0n) is 6.66. The van der Waals surface area contributed by atoms with Crippen LogP contribution in [0.3, 0.4) is 0 Å². The van der Waals surface area contributed by atoms with Gasteiger partial charge in [0.2, 0.25) is 0 Å². The maximum atomic E-state index is 10.4. The van der Waals surface area contributed by atoms with Gasteiger partial charge < -0.3 is 9.66 Å². The topological polar surface area (TPSA) is 60.4 Å². The second-order valence-electron chi connectivity index (χ2n) is 2.65. The van der Waals surface area contributed by atoms with Crippen LogP contribution in [-0.2, 0) is 11.1 Å². The van der Waals surface area contributed by atoms with E-state index in [9.17, 15) is 8.76 Å². The minimum atomic E-state index is -2.08. The Morgan fingerprint density at radius 2 is 1.91 bits per heavy atom. The third kappa shape index (κ3) is 3.53. The third-order valence-electron chi connectivity index (χ3n) is 1.91. The molecular weight excluding hydrogens is 175 g/mol. The van der Waals surface area contributed by atoms with Gasteiger partial charge >= 0.3 is 29.6 Å². The van der Waals surface area contributed by atoms with Gasteiger partial charge in [0.05, 0.1) is 6.10 Å². The van der Waals surface area contributed by atoms with E-state index in [4.69, 9.17) is 5.11 Å². The summed E-state index contributed by atoms with van der Waals surface area (Å²) in [6.07, 6.45) is 2.52. The SMILES string of the molecule is O=S([O-])C1CCCCC1O.[Na+]. The Morgan fingerprint density at radius 1 is 1.36 bits per heavy atom. The van der Waals surface area contributed by atoms with Gasteiger partial charge in [-0.25, -0.2) is 0 Å². The number of aliphatic hydroxyl groups excluding tert-OH is 1. The van der Waals surface area contributed by atoms with E-state index >= 15 is 0 Å². The van der Waals surface area contributed by atoms with Gasteiger partial charge in [-0.05, 0) is 23.9 Å². The molecule has 0 aromatic rings. The Balaban J connectivity index is 0.000001000. The molecule has 0 saturated heterocycles. The molecule has 0 spiro atoms. The average Bonchev–Trinajstić information content (AvgIpc) is 1.88. The largest absolute Gasteiger partial charge is 1.00 e. The fourth-order valence-corrected chi connectivity index (χ4v) is 2.05. The number of rotatable bonds is 1. The van der Waals surface area contributed by atoms with Crippen molar-refractivity contribution in [1.29, 1.82) is 0 Å². The van der Waals surface area contributed by atoms with Crippen molar-refractivity contribution in [1.82, 2.24) is 0 Å². The van der Waals surface area contributed by atoms with E-state index < -0.39 is 22.4 Å². The molecule has 60 valence electrons. The molecule has 3 unspecified atom stereocenters. The molecule has 1 aliphatic carbocycles. The predicted octanol–water partition coefficient (Wildman–Crippen LogP) is -2.83. The van der Waals surface area contributed by atoms with E-state index in [0.29, 0.717) is 12.8 Å². The summed E-state index contributed by atoms with van der Waals surface area (Å²) in [5.41, 5.74) is 0. The third-order valence-corrected chi connectivity index (χ3v) is 2.96. The van der Waals surface area contributed by atoms with E-state index in [1.807, 2.05) is 0 Å². The smallest absolute Gasteiger partial charge is 0.772 e. The maximum absolute atomic E-state index is 10.4. The van der Waals surface area contributed by atoms with Gasteiger partial charge in [0.25, 0.3) is 0 Å². The van der Waals surface area contributed by atoms with Crippen LogP contribution in [-0.4, -0.2) is 25.2 Å². The average molecular weight is 186 g/mol. The molecule has 1 N–H and O–H groups in total. The van der Waals surface area contributed by atoms with Crippen molar-refractivity contribution in [2.24, 2.45) is 0 Å². The summed E-state index contributed by atoms with van der Waals surface area (Å²) in [6.45, 7) is 0. The minimum absolute atomic E-state index is 0. The summed E-state index contributed by atoms with van der Waals surface area (Å²) in [5, 5.41) is 8.64. The number of hydrogen-bond donors (Lipinski definition) is 1.